The van der Waals surface area contributed by atoms with Crippen LogP contribution in [0.5, 0.6) is 0 Å². The summed E-state index contributed by atoms with van der Waals surface area (Å²) in [6, 6.07) is 5.08. The summed E-state index contributed by atoms with van der Waals surface area (Å²) in [7, 11) is 0. The minimum absolute atomic E-state index is 0.145. The SMILES string of the molecule is CC(=Cc1cccc(CO)n1)C(=O)O. The van der Waals surface area contributed by atoms with Gasteiger partial charge in [-0.05, 0) is 25.1 Å². The third-order valence-electron chi connectivity index (χ3n) is 1.69. The highest BCUT2D eigenvalue weighted by Gasteiger charge is 2.00. The van der Waals surface area contributed by atoms with E-state index in [4.69, 9.17) is 10.2 Å². The van der Waals surface area contributed by atoms with E-state index in [0.29, 0.717) is 11.4 Å². The number of rotatable bonds is 3. The first-order chi connectivity index (χ1) is 6.63. The highest BCUT2D eigenvalue weighted by Crippen LogP contribution is 2.05. The van der Waals surface area contributed by atoms with Crippen LogP contribution < -0.4 is 0 Å². The molecule has 14 heavy (non-hydrogen) atoms. The monoisotopic (exact) mass is 193 g/mol. The van der Waals surface area contributed by atoms with Gasteiger partial charge < -0.3 is 10.2 Å². The van der Waals surface area contributed by atoms with E-state index in [1.165, 1.54) is 13.0 Å². The molecule has 0 aliphatic heterocycles. The molecule has 74 valence electrons. The van der Waals surface area contributed by atoms with Gasteiger partial charge in [-0.25, -0.2) is 4.79 Å². The molecule has 0 aliphatic carbocycles. The highest BCUT2D eigenvalue weighted by molar-refractivity contribution is 5.91. The minimum Gasteiger partial charge on any atom is -0.478 e. The molecule has 0 atom stereocenters. The van der Waals surface area contributed by atoms with Crippen molar-refractivity contribution >= 4 is 12.0 Å². The van der Waals surface area contributed by atoms with Gasteiger partial charge in [0.05, 0.1) is 18.0 Å². The Bertz CT molecular complexity index is 371. The summed E-state index contributed by atoms with van der Waals surface area (Å²) in [5.41, 5.74) is 1.28. The lowest BCUT2D eigenvalue weighted by atomic mass is 10.2. The Morgan fingerprint density at radius 3 is 2.86 bits per heavy atom. The lowest BCUT2D eigenvalue weighted by Crippen LogP contribution is -1.97. The fourth-order valence-electron chi connectivity index (χ4n) is 0.950. The van der Waals surface area contributed by atoms with Gasteiger partial charge in [0, 0.05) is 5.57 Å². The van der Waals surface area contributed by atoms with Crippen molar-refractivity contribution in [1.82, 2.24) is 4.98 Å². The van der Waals surface area contributed by atoms with Gasteiger partial charge in [-0.1, -0.05) is 6.07 Å². The molecule has 0 saturated carbocycles. The fraction of sp³-hybridized carbons (Fsp3) is 0.200. The van der Waals surface area contributed by atoms with Gasteiger partial charge in [-0.15, -0.1) is 0 Å². The van der Waals surface area contributed by atoms with E-state index in [2.05, 4.69) is 4.98 Å². The van der Waals surface area contributed by atoms with E-state index < -0.39 is 5.97 Å². The van der Waals surface area contributed by atoms with Gasteiger partial charge in [0.15, 0.2) is 0 Å². The summed E-state index contributed by atoms with van der Waals surface area (Å²) in [6.45, 7) is 1.35. The third kappa shape index (κ3) is 2.67. The van der Waals surface area contributed by atoms with E-state index in [9.17, 15) is 4.79 Å². The van der Waals surface area contributed by atoms with E-state index in [1.54, 1.807) is 18.2 Å². The molecule has 0 bridgehead atoms. The summed E-state index contributed by atoms with van der Waals surface area (Å²) < 4.78 is 0. The number of aromatic nitrogens is 1. The molecule has 0 unspecified atom stereocenters. The largest absolute Gasteiger partial charge is 0.478 e. The molecule has 1 aromatic heterocycles. The summed E-state index contributed by atoms with van der Waals surface area (Å²) >= 11 is 0. The van der Waals surface area contributed by atoms with Gasteiger partial charge in [0.2, 0.25) is 0 Å². The zero-order chi connectivity index (χ0) is 10.6. The Balaban J connectivity index is 2.97. The van der Waals surface area contributed by atoms with Crippen LogP contribution in [0.1, 0.15) is 18.3 Å². The molecule has 0 aliphatic rings. The number of pyridine rings is 1. The van der Waals surface area contributed by atoms with Crippen LogP contribution in [-0.4, -0.2) is 21.2 Å². The first-order valence-corrected chi connectivity index (χ1v) is 4.12. The maximum atomic E-state index is 10.5. The predicted molar refractivity (Wildman–Crippen MR) is 51.4 cm³/mol. The molecular weight excluding hydrogens is 182 g/mol. The Hall–Kier alpha value is -1.68. The number of hydrogen-bond donors (Lipinski definition) is 2. The molecule has 0 saturated heterocycles. The molecule has 0 fully saturated rings. The van der Waals surface area contributed by atoms with E-state index in [-0.39, 0.29) is 12.2 Å². The van der Waals surface area contributed by atoms with Crippen molar-refractivity contribution in [2.45, 2.75) is 13.5 Å². The minimum atomic E-state index is -0.971. The van der Waals surface area contributed by atoms with Crippen molar-refractivity contribution < 1.29 is 15.0 Å². The van der Waals surface area contributed by atoms with Gasteiger partial charge in [0.25, 0.3) is 0 Å². The van der Waals surface area contributed by atoms with Crippen LogP contribution in [0.4, 0.5) is 0 Å². The molecule has 0 radical (unpaired) electrons. The van der Waals surface area contributed by atoms with Crippen molar-refractivity contribution in [3.05, 3.63) is 35.2 Å². The first-order valence-electron chi connectivity index (χ1n) is 4.12. The van der Waals surface area contributed by atoms with Crippen LogP contribution in [0, 0.1) is 0 Å². The number of aliphatic hydroxyl groups excluding tert-OH is 1. The van der Waals surface area contributed by atoms with Crippen molar-refractivity contribution in [2.24, 2.45) is 0 Å². The normalized spacial score (nSPS) is 11.4. The summed E-state index contributed by atoms with van der Waals surface area (Å²) in [5, 5.41) is 17.4. The first kappa shape index (κ1) is 10.4. The second-order valence-electron chi connectivity index (χ2n) is 2.84. The van der Waals surface area contributed by atoms with Crippen molar-refractivity contribution in [3.8, 4) is 0 Å². The van der Waals surface area contributed by atoms with E-state index in [0.717, 1.165) is 0 Å². The second kappa shape index (κ2) is 4.53. The number of nitrogens with zero attached hydrogens (tertiary/aromatic N) is 1. The maximum absolute atomic E-state index is 10.5. The Labute approximate surface area is 81.5 Å². The number of carboxylic acids is 1. The van der Waals surface area contributed by atoms with Crippen LogP contribution in [0.2, 0.25) is 0 Å². The summed E-state index contributed by atoms with van der Waals surface area (Å²) in [6.07, 6.45) is 1.46. The molecule has 2 N–H and O–H groups in total. The molecule has 0 spiro atoms. The Morgan fingerprint density at radius 2 is 2.29 bits per heavy atom. The predicted octanol–water partition coefficient (Wildman–Crippen LogP) is 1.06. The zero-order valence-corrected chi connectivity index (χ0v) is 7.77. The van der Waals surface area contributed by atoms with Gasteiger partial charge in [-0.2, -0.15) is 0 Å². The third-order valence-corrected chi connectivity index (χ3v) is 1.69. The fourth-order valence-corrected chi connectivity index (χ4v) is 0.950. The molecule has 4 heteroatoms. The maximum Gasteiger partial charge on any atom is 0.331 e. The van der Waals surface area contributed by atoms with Crippen LogP contribution in [0.3, 0.4) is 0 Å². The van der Waals surface area contributed by atoms with Gasteiger partial charge in [0.1, 0.15) is 0 Å². The lowest BCUT2D eigenvalue weighted by molar-refractivity contribution is -0.132. The molecule has 0 aromatic carbocycles. The number of hydrogen-bond acceptors (Lipinski definition) is 3. The second-order valence-corrected chi connectivity index (χ2v) is 2.84. The number of carboxylic acid groups (broad SMARTS) is 1. The molecule has 1 rings (SSSR count). The van der Waals surface area contributed by atoms with Crippen LogP contribution in [-0.2, 0) is 11.4 Å². The Morgan fingerprint density at radius 1 is 1.57 bits per heavy atom. The lowest BCUT2D eigenvalue weighted by Gasteiger charge is -1.98. The Kier molecular flexibility index (Phi) is 3.36. The number of aliphatic carboxylic acids is 1. The quantitative estimate of drug-likeness (QED) is 0.704. The molecule has 1 aromatic rings. The summed E-state index contributed by atoms with van der Waals surface area (Å²) in [4.78, 5) is 14.5. The molecule has 1 heterocycles. The van der Waals surface area contributed by atoms with Crippen molar-refractivity contribution in [3.63, 3.8) is 0 Å². The number of aliphatic hydroxyl groups is 1. The average molecular weight is 193 g/mol. The van der Waals surface area contributed by atoms with Gasteiger partial charge >= 0.3 is 5.97 Å². The summed E-state index contributed by atoms with van der Waals surface area (Å²) in [5.74, 6) is -0.971. The van der Waals surface area contributed by atoms with Crippen LogP contribution >= 0.6 is 0 Å². The van der Waals surface area contributed by atoms with Crippen molar-refractivity contribution in [1.29, 1.82) is 0 Å². The van der Waals surface area contributed by atoms with Gasteiger partial charge in [-0.3, -0.25) is 4.98 Å². The molecular formula is C10H11NO3. The van der Waals surface area contributed by atoms with Crippen molar-refractivity contribution in [2.75, 3.05) is 0 Å². The van der Waals surface area contributed by atoms with Crippen LogP contribution in [0.25, 0.3) is 6.08 Å². The van der Waals surface area contributed by atoms with E-state index in [1.807, 2.05) is 0 Å². The standard InChI is InChI=1S/C10H11NO3/c1-7(10(13)14)5-8-3-2-4-9(6-12)11-8/h2-5,12H,6H2,1H3,(H,13,14). The van der Waals surface area contributed by atoms with Crippen LogP contribution in [0.15, 0.2) is 23.8 Å². The molecule has 4 nitrogen and oxygen atoms in total. The number of carbonyl (C=O) groups is 1. The highest BCUT2D eigenvalue weighted by atomic mass is 16.4. The van der Waals surface area contributed by atoms with E-state index >= 15 is 0 Å². The topological polar surface area (TPSA) is 70.4 Å². The molecule has 0 amide bonds. The smallest absolute Gasteiger partial charge is 0.331 e. The average Bonchev–Trinajstić information content (AvgIpc) is 2.18. The zero-order valence-electron chi connectivity index (χ0n) is 7.77.